The van der Waals surface area contributed by atoms with E-state index in [1.165, 1.54) is 6.92 Å². The number of carbonyl (C=O) groups excluding carboxylic acids is 3. The van der Waals surface area contributed by atoms with E-state index in [9.17, 15) is 39.0 Å². The van der Waals surface area contributed by atoms with Crippen LogP contribution in [-0.2, 0) is 43.1 Å². The van der Waals surface area contributed by atoms with Gasteiger partial charge in [0.2, 0.25) is 5.60 Å². The Balaban J connectivity index is 5.98. The van der Waals surface area contributed by atoms with Crippen molar-refractivity contribution in [2.24, 2.45) is 5.90 Å². The lowest BCUT2D eigenvalue weighted by Gasteiger charge is -2.31. The number of carboxylic acid groups (broad SMARTS) is 3. The van der Waals surface area contributed by atoms with E-state index in [1.807, 2.05) is 0 Å². The van der Waals surface area contributed by atoms with Gasteiger partial charge in [0.15, 0.2) is 5.60 Å². The quantitative estimate of drug-likeness (QED) is 0.170. The summed E-state index contributed by atoms with van der Waals surface area (Å²) >= 11 is 0. The van der Waals surface area contributed by atoms with Crippen molar-refractivity contribution < 1.29 is 63.5 Å². The molecule has 0 rings (SSSR count). The largest absolute Gasteiger partial charge is 0.481 e. The first-order valence-electron chi connectivity index (χ1n) is 7.50. The summed E-state index contributed by atoms with van der Waals surface area (Å²) in [7, 11) is 0. The summed E-state index contributed by atoms with van der Waals surface area (Å²) in [5.74, 6) is -5.81. The maximum absolute atomic E-state index is 12.4. The van der Waals surface area contributed by atoms with Crippen molar-refractivity contribution in [2.45, 2.75) is 43.8 Å². The zero-order chi connectivity index (χ0) is 22.1. The number of esters is 2. The zero-order valence-corrected chi connectivity index (χ0v) is 14.6. The Morgan fingerprint density at radius 3 is 1.68 bits per heavy atom. The highest BCUT2D eigenvalue weighted by atomic mass is 16.7. The maximum Gasteiger partial charge on any atom is 0.349 e. The van der Waals surface area contributed by atoms with Gasteiger partial charge in [0.05, 0.1) is 32.3 Å². The van der Waals surface area contributed by atoms with E-state index >= 15 is 0 Å². The minimum Gasteiger partial charge on any atom is -0.481 e. The van der Waals surface area contributed by atoms with Crippen LogP contribution in [0.2, 0.25) is 0 Å². The minimum atomic E-state index is -3.13. The van der Waals surface area contributed by atoms with Crippen molar-refractivity contribution in [3.8, 4) is 0 Å². The third-order valence-electron chi connectivity index (χ3n) is 3.24. The zero-order valence-electron chi connectivity index (χ0n) is 14.6. The molecular weight excluding hydrogens is 390 g/mol. The fourth-order valence-corrected chi connectivity index (χ4v) is 2.03. The number of hydrogen-bond acceptors (Lipinski definition) is 11. The molecule has 0 radical (unpaired) electrons. The van der Waals surface area contributed by atoms with Gasteiger partial charge in [-0.2, -0.15) is 5.90 Å². The predicted molar refractivity (Wildman–Crippen MR) is 82.1 cm³/mol. The van der Waals surface area contributed by atoms with Gasteiger partial charge in [-0.05, 0) is 6.92 Å². The van der Waals surface area contributed by atoms with Crippen molar-refractivity contribution in [1.82, 2.24) is 0 Å². The minimum absolute atomic E-state index is 0.178. The lowest BCUT2D eigenvalue weighted by molar-refractivity contribution is -0.201. The third-order valence-corrected chi connectivity index (χ3v) is 3.24. The molecule has 0 spiro atoms. The van der Waals surface area contributed by atoms with Crippen molar-refractivity contribution in [2.75, 3.05) is 6.61 Å². The van der Waals surface area contributed by atoms with Gasteiger partial charge >= 0.3 is 35.8 Å². The number of aliphatic hydroxyl groups is 1. The number of rotatable bonds is 12. The van der Waals surface area contributed by atoms with E-state index in [0.29, 0.717) is 0 Å². The van der Waals surface area contributed by atoms with Gasteiger partial charge in [0.25, 0.3) is 0 Å². The Bertz CT molecular complexity index is 642. The normalized spacial score (nSPS) is 13.0. The Morgan fingerprint density at radius 2 is 1.32 bits per heavy atom. The molecule has 0 bridgehead atoms. The van der Waals surface area contributed by atoms with Crippen molar-refractivity contribution >= 4 is 35.8 Å². The second kappa shape index (κ2) is 10.2. The highest BCUT2D eigenvalue weighted by molar-refractivity contribution is 5.94. The summed E-state index contributed by atoms with van der Waals surface area (Å²) in [4.78, 5) is 72.5. The van der Waals surface area contributed by atoms with Gasteiger partial charge in [-0.15, -0.1) is 0 Å². The number of nitrogens with two attached hydrogens (primary N) is 1. The Kier molecular flexibility index (Phi) is 8.99. The fraction of sp³-hybridized carbons (Fsp3) is 0.571. The fourth-order valence-electron chi connectivity index (χ4n) is 2.03. The Labute approximate surface area is 156 Å². The monoisotopic (exact) mass is 409 g/mol. The summed E-state index contributed by atoms with van der Waals surface area (Å²) in [6.07, 6.45) is -5.49. The van der Waals surface area contributed by atoms with Crippen LogP contribution in [0.5, 0.6) is 0 Å². The average molecular weight is 409 g/mol. The molecule has 0 aromatic carbocycles. The molecule has 0 aromatic heterocycles. The molecule has 14 heteroatoms. The molecule has 28 heavy (non-hydrogen) atoms. The molecule has 0 heterocycles. The number of ether oxygens (including phenoxy) is 2. The van der Waals surface area contributed by atoms with Crippen molar-refractivity contribution in [3.63, 3.8) is 0 Å². The summed E-state index contributed by atoms with van der Waals surface area (Å²) in [5.41, 5.74) is -6.20. The highest BCUT2D eigenvalue weighted by Gasteiger charge is 2.52. The van der Waals surface area contributed by atoms with Gasteiger partial charge in [-0.25, -0.2) is 9.59 Å². The van der Waals surface area contributed by atoms with Gasteiger partial charge < -0.3 is 34.7 Å². The summed E-state index contributed by atoms with van der Waals surface area (Å²) in [6.45, 7) is 1.21. The molecule has 0 saturated heterocycles. The number of carbonyl (C=O) groups is 6. The average Bonchev–Trinajstić information content (AvgIpc) is 2.52. The molecule has 6 N–H and O–H groups in total. The van der Waals surface area contributed by atoms with Crippen LogP contribution in [0.25, 0.3) is 0 Å². The molecule has 0 aliphatic heterocycles. The Hall–Kier alpha value is -3.26. The summed E-state index contributed by atoms with van der Waals surface area (Å²) in [5, 5.41) is 37.3. The molecule has 0 fully saturated rings. The van der Waals surface area contributed by atoms with E-state index in [1.54, 1.807) is 0 Å². The van der Waals surface area contributed by atoms with Crippen molar-refractivity contribution in [3.05, 3.63) is 0 Å². The van der Waals surface area contributed by atoms with Gasteiger partial charge in [-0.3, -0.25) is 19.2 Å². The van der Waals surface area contributed by atoms with Crippen LogP contribution in [0, 0.1) is 0 Å². The molecule has 0 aromatic rings. The molecule has 1 atom stereocenters. The van der Waals surface area contributed by atoms with Crippen LogP contribution >= 0.6 is 0 Å². The van der Waals surface area contributed by atoms with Crippen LogP contribution in [0.4, 0.5) is 0 Å². The molecule has 0 aliphatic carbocycles. The second-order valence-corrected chi connectivity index (χ2v) is 5.51. The van der Waals surface area contributed by atoms with Crippen LogP contribution in [0.15, 0.2) is 0 Å². The lowest BCUT2D eigenvalue weighted by atomic mass is 9.92. The first kappa shape index (κ1) is 24.7. The van der Waals surface area contributed by atoms with Crippen LogP contribution in [-0.4, -0.2) is 74.1 Å². The smallest absolute Gasteiger partial charge is 0.349 e. The number of carboxylic acids is 3. The van der Waals surface area contributed by atoms with Crippen LogP contribution in [0.3, 0.4) is 0 Å². The van der Waals surface area contributed by atoms with E-state index in [4.69, 9.17) is 10.2 Å². The van der Waals surface area contributed by atoms with E-state index in [-0.39, 0.29) is 6.61 Å². The van der Waals surface area contributed by atoms with Crippen molar-refractivity contribution in [1.29, 1.82) is 0 Å². The molecule has 14 nitrogen and oxygen atoms in total. The molecule has 0 amide bonds. The number of aliphatic carboxylic acids is 3. The number of hydrogen-bond donors (Lipinski definition) is 5. The molecule has 158 valence electrons. The second-order valence-electron chi connectivity index (χ2n) is 5.51. The standard InChI is InChI=1S/C14H19NO13/c1-2-26-9(20)5-13(25,6-10(21)28-15)12(24)27-14(11(22)23,3-7(16)17)4-8(18)19/h25H,2-6,15H2,1H3,(H,16,17)(H,18,19)(H,22,23). The summed E-state index contributed by atoms with van der Waals surface area (Å²) < 4.78 is 9.02. The van der Waals surface area contributed by atoms with Crippen LogP contribution < -0.4 is 5.90 Å². The Morgan fingerprint density at radius 1 is 0.857 bits per heavy atom. The SMILES string of the molecule is CCOC(=O)CC(O)(CC(=O)ON)C(=O)OC(CC(=O)O)(CC(=O)O)C(=O)O. The van der Waals surface area contributed by atoms with Crippen LogP contribution in [0.1, 0.15) is 32.6 Å². The van der Waals surface area contributed by atoms with E-state index in [2.05, 4.69) is 20.2 Å². The highest BCUT2D eigenvalue weighted by Crippen LogP contribution is 2.28. The molecule has 0 saturated carbocycles. The maximum atomic E-state index is 12.4. The lowest BCUT2D eigenvalue weighted by Crippen LogP contribution is -2.53. The molecule has 0 aliphatic rings. The molecule has 1 unspecified atom stereocenters. The summed E-state index contributed by atoms with van der Waals surface area (Å²) in [6, 6.07) is 0. The first-order valence-corrected chi connectivity index (χ1v) is 7.50. The topological polar surface area (TPSA) is 237 Å². The van der Waals surface area contributed by atoms with Gasteiger partial charge in [0, 0.05) is 0 Å². The van der Waals surface area contributed by atoms with Gasteiger partial charge in [-0.1, -0.05) is 0 Å². The van der Waals surface area contributed by atoms with E-state index < -0.39 is 72.7 Å². The third kappa shape index (κ3) is 7.16. The van der Waals surface area contributed by atoms with Gasteiger partial charge in [0.1, 0.15) is 0 Å². The first-order chi connectivity index (χ1) is 12.8. The molecular formula is C14H19NO13. The predicted octanol–water partition coefficient (Wildman–Crippen LogP) is -2.21. The van der Waals surface area contributed by atoms with E-state index in [0.717, 1.165) is 0 Å².